The molecule has 2 aromatic carbocycles. The summed E-state index contributed by atoms with van der Waals surface area (Å²) in [5.74, 6) is -0.579. The lowest BCUT2D eigenvalue weighted by Crippen LogP contribution is -2.47. The lowest BCUT2D eigenvalue weighted by Gasteiger charge is -2.21. The van der Waals surface area contributed by atoms with Crippen LogP contribution in [0.1, 0.15) is 35.3 Å². The van der Waals surface area contributed by atoms with Crippen molar-refractivity contribution in [1.82, 2.24) is 10.3 Å². The first kappa shape index (κ1) is 19.0. The molecule has 0 aliphatic heterocycles. The zero-order chi connectivity index (χ0) is 19.6. The van der Waals surface area contributed by atoms with Gasteiger partial charge in [0.25, 0.3) is 5.91 Å². The van der Waals surface area contributed by atoms with Crippen LogP contribution < -0.4 is 10.6 Å². The number of carbonyl (C=O) groups excluding carboxylic acids is 2. The molecule has 1 aromatic heterocycles. The third kappa shape index (κ3) is 4.52. The largest absolute Gasteiger partial charge is 0.340 e. The smallest absolute Gasteiger partial charge is 0.251 e. The van der Waals surface area contributed by atoms with E-state index in [2.05, 4.69) is 15.6 Å². The maximum Gasteiger partial charge on any atom is 0.251 e. The number of fused-ring (bicyclic) bond motifs is 1. The highest BCUT2D eigenvalue weighted by Gasteiger charge is 2.25. The van der Waals surface area contributed by atoms with E-state index in [0.29, 0.717) is 10.7 Å². The van der Waals surface area contributed by atoms with E-state index in [1.807, 2.05) is 58.0 Å². The molecule has 6 heteroatoms. The van der Waals surface area contributed by atoms with Gasteiger partial charge in [-0.3, -0.25) is 9.59 Å². The molecule has 2 amide bonds. The number of nitrogens with one attached hydrogen (secondary N) is 2. The number of amides is 2. The van der Waals surface area contributed by atoms with E-state index < -0.39 is 6.04 Å². The Balaban J connectivity index is 1.75. The Morgan fingerprint density at radius 1 is 1.04 bits per heavy atom. The van der Waals surface area contributed by atoms with Crippen LogP contribution in [0.15, 0.2) is 42.5 Å². The van der Waals surface area contributed by atoms with Gasteiger partial charge < -0.3 is 10.6 Å². The first-order valence-electron chi connectivity index (χ1n) is 8.89. The molecule has 27 heavy (non-hydrogen) atoms. The number of nitrogens with zero attached hydrogens (tertiary/aromatic N) is 1. The van der Waals surface area contributed by atoms with Crippen LogP contribution >= 0.6 is 11.3 Å². The summed E-state index contributed by atoms with van der Waals surface area (Å²) in [6.45, 7) is 7.76. The summed E-state index contributed by atoms with van der Waals surface area (Å²) in [5.41, 5.74) is 3.54. The Morgan fingerprint density at radius 3 is 2.48 bits per heavy atom. The van der Waals surface area contributed by atoms with Gasteiger partial charge in [0.2, 0.25) is 5.91 Å². The molecular formula is C21H23N3O2S. The van der Waals surface area contributed by atoms with Crippen molar-refractivity contribution in [3.63, 3.8) is 0 Å². The molecule has 2 N–H and O–H groups in total. The van der Waals surface area contributed by atoms with Crippen LogP contribution in [0.4, 0.5) is 5.13 Å². The van der Waals surface area contributed by atoms with Crippen LogP contribution in [0.5, 0.6) is 0 Å². The van der Waals surface area contributed by atoms with Crippen molar-refractivity contribution in [1.29, 1.82) is 0 Å². The lowest BCUT2D eigenvalue weighted by molar-refractivity contribution is -0.118. The quantitative estimate of drug-likeness (QED) is 0.692. The third-order valence-corrected chi connectivity index (χ3v) is 5.22. The van der Waals surface area contributed by atoms with Crippen molar-refractivity contribution in [2.45, 2.75) is 33.7 Å². The standard InChI is InChI=1S/C21H23N3O2S/c1-12(2)18(23-19(25)15-7-5-6-13(3)10-15)20(26)24-21-22-16-9-8-14(4)11-17(16)27-21/h5-12,18H,1-4H3,(H,23,25)(H,22,24,26)/t18-/m1/s1. The molecule has 0 saturated heterocycles. The molecule has 3 aromatic rings. The maximum atomic E-state index is 12.8. The fraction of sp³-hybridized carbons (Fsp3) is 0.286. The predicted octanol–water partition coefficient (Wildman–Crippen LogP) is 4.31. The van der Waals surface area contributed by atoms with Gasteiger partial charge >= 0.3 is 0 Å². The molecule has 1 atom stereocenters. The van der Waals surface area contributed by atoms with E-state index in [9.17, 15) is 9.59 Å². The fourth-order valence-corrected chi connectivity index (χ4v) is 3.78. The SMILES string of the molecule is Cc1cccc(C(=O)N[C@@H](C(=O)Nc2nc3ccc(C)cc3s2)C(C)C)c1. The Labute approximate surface area is 162 Å². The molecule has 0 aliphatic carbocycles. The van der Waals surface area contributed by atoms with Crippen molar-refractivity contribution in [3.8, 4) is 0 Å². The molecule has 0 unspecified atom stereocenters. The number of carbonyl (C=O) groups is 2. The minimum atomic E-state index is -0.647. The van der Waals surface area contributed by atoms with E-state index in [1.54, 1.807) is 12.1 Å². The van der Waals surface area contributed by atoms with Gasteiger partial charge in [0.1, 0.15) is 6.04 Å². The summed E-state index contributed by atoms with van der Waals surface area (Å²) in [6, 6.07) is 12.6. The Kier molecular flexibility index (Phi) is 5.56. The van der Waals surface area contributed by atoms with E-state index in [4.69, 9.17) is 0 Å². The molecule has 0 fully saturated rings. The van der Waals surface area contributed by atoms with Gasteiger partial charge in [0, 0.05) is 5.56 Å². The topological polar surface area (TPSA) is 71.1 Å². The highest BCUT2D eigenvalue weighted by molar-refractivity contribution is 7.22. The molecule has 3 rings (SSSR count). The van der Waals surface area contributed by atoms with Crippen LogP contribution in [0.2, 0.25) is 0 Å². The average Bonchev–Trinajstić information content (AvgIpc) is 3.00. The van der Waals surface area contributed by atoms with Crippen molar-refractivity contribution >= 4 is 38.5 Å². The molecule has 0 aliphatic rings. The fourth-order valence-electron chi connectivity index (χ4n) is 2.81. The Hall–Kier alpha value is -2.73. The second-order valence-corrected chi connectivity index (χ2v) is 8.07. The van der Waals surface area contributed by atoms with E-state index in [0.717, 1.165) is 21.3 Å². The van der Waals surface area contributed by atoms with Gasteiger partial charge in [-0.25, -0.2) is 4.98 Å². The predicted molar refractivity (Wildman–Crippen MR) is 110 cm³/mol. The summed E-state index contributed by atoms with van der Waals surface area (Å²) in [4.78, 5) is 29.8. The monoisotopic (exact) mass is 381 g/mol. The molecule has 1 heterocycles. The van der Waals surface area contributed by atoms with Crippen LogP contribution in [0, 0.1) is 19.8 Å². The minimum Gasteiger partial charge on any atom is -0.340 e. The highest BCUT2D eigenvalue weighted by Crippen LogP contribution is 2.27. The van der Waals surface area contributed by atoms with Crippen LogP contribution in [0.25, 0.3) is 10.2 Å². The number of hydrogen-bond donors (Lipinski definition) is 2. The van der Waals surface area contributed by atoms with E-state index >= 15 is 0 Å². The summed E-state index contributed by atoms with van der Waals surface area (Å²) >= 11 is 1.43. The van der Waals surface area contributed by atoms with Crippen molar-refractivity contribution in [2.75, 3.05) is 5.32 Å². The maximum absolute atomic E-state index is 12.8. The first-order chi connectivity index (χ1) is 12.8. The van der Waals surface area contributed by atoms with Crippen LogP contribution in [0.3, 0.4) is 0 Å². The number of rotatable bonds is 5. The van der Waals surface area contributed by atoms with Gasteiger partial charge in [-0.05, 0) is 49.6 Å². The van der Waals surface area contributed by atoms with Gasteiger partial charge in [0.05, 0.1) is 10.2 Å². The van der Waals surface area contributed by atoms with Crippen LogP contribution in [-0.2, 0) is 4.79 Å². The number of hydrogen-bond acceptors (Lipinski definition) is 4. The average molecular weight is 382 g/mol. The van der Waals surface area contributed by atoms with Crippen LogP contribution in [-0.4, -0.2) is 22.8 Å². The summed E-state index contributed by atoms with van der Waals surface area (Å²) in [5, 5.41) is 6.24. The molecule has 5 nitrogen and oxygen atoms in total. The number of aryl methyl sites for hydroxylation is 2. The molecule has 0 bridgehead atoms. The molecule has 0 radical (unpaired) electrons. The number of anilines is 1. The second-order valence-electron chi connectivity index (χ2n) is 7.04. The Morgan fingerprint density at radius 2 is 1.78 bits per heavy atom. The number of aromatic nitrogens is 1. The molecular weight excluding hydrogens is 358 g/mol. The summed E-state index contributed by atoms with van der Waals surface area (Å²) in [7, 11) is 0. The first-order valence-corrected chi connectivity index (χ1v) is 9.70. The van der Waals surface area contributed by atoms with Crippen molar-refractivity contribution in [2.24, 2.45) is 5.92 Å². The number of thiazole rings is 1. The molecule has 0 saturated carbocycles. The lowest BCUT2D eigenvalue weighted by atomic mass is 10.0. The normalized spacial score (nSPS) is 12.2. The van der Waals surface area contributed by atoms with Crippen molar-refractivity contribution in [3.05, 3.63) is 59.2 Å². The van der Waals surface area contributed by atoms with Gasteiger partial charge in [0.15, 0.2) is 5.13 Å². The van der Waals surface area contributed by atoms with E-state index in [-0.39, 0.29) is 17.7 Å². The molecule has 0 spiro atoms. The summed E-state index contributed by atoms with van der Waals surface area (Å²) < 4.78 is 1.02. The minimum absolute atomic E-state index is 0.0598. The van der Waals surface area contributed by atoms with Gasteiger partial charge in [-0.1, -0.05) is 48.9 Å². The highest BCUT2D eigenvalue weighted by atomic mass is 32.1. The van der Waals surface area contributed by atoms with Crippen molar-refractivity contribution < 1.29 is 9.59 Å². The zero-order valence-corrected chi connectivity index (χ0v) is 16.7. The third-order valence-electron chi connectivity index (χ3n) is 4.29. The number of benzene rings is 2. The summed E-state index contributed by atoms with van der Waals surface area (Å²) in [6.07, 6.45) is 0. The second kappa shape index (κ2) is 7.88. The van der Waals surface area contributed by atoms with E-state index in [1.165, 1.54) is 11.3 Å². The van der Waals surface area contributed by atoms with Gasteiger partial charge in [-0.15, -0.1) is 0 Å². The molecule has 140 valence electrons. The Bertz CT molecular complexity index is 994. The zero-order valence-electron chi connectivity index (χ0n) is 15.9. The van der Waals surface area contributed by atoms with Gasteiger partial charge in [-0.2, -0.15) is 0 Å².